The zero-order valence-corrected chi connectivity index (χ0v) is 21.0. The predicted octanol–water partition coefficient (Wildman–Crippen LogP) is 4.35. The molecule has 1 saturated heterocycles. The van der Waals surface area contributed by atoms with Crippen molar-refractivity contribution < 1.29 is 18.4 Å². The number of benzene rings is 1. The first-order chi connectivity index (χ1) is 17.9. The lowest BCUT2D eigenvalue weighted by molar-refractivity contribution is -0.0799. The molecule has 7 nitrogen and oxygen atoms in total. The molecule has 0 amide bonds. The zero-order chi connectivity index (χ0) is 26.0. The van der Waals surface area contributed by atoms with Crippen molar-refractivity contribution in [2.24, 2.45) is 5.16 Å². The molecule has 3 aromatic rings. The SMILES string of the molecule is CCO/N=C(\c1ccc(F)c(F)c1)c1ccc(CN2CCC3(CC2)OCc2cn(CC)c(=O)cc23)cn1. The maximum Gasteiger partial charge on any atom is 0.250 e. The summed E-state index contributed by atoms with van der Waals surface area (Å²) >= 11 is 0. The summed E-state index contributed by atoms with van der Waals surface area (Å²) in [5.41, 5.74) is 4.06. The van der Waals surface area contributed by atoms with Crippen LogP contribution in [0.5, 0.6) is 0 Å². The van der Waals surface area contributed by atoms with Crippen LogP contribution in [0.2, 0.25) is 0 Å². The number of rotatable bonds is 7. The Bertz CT molecular complexity index is 1360. The summed E-state index contributed by atoms with van der Waals surface area (Å²) in [6.07, 6.45) is 5.36. The van der Waals surface area contributed by atoms with E-state index in [0.717, 1.165) is 61.3 Å². The molecule has 0 N–H and O–H groups in total. The van der Waals surface area contributed by atoms with E-state index in [9.17, 15) is 13.6 Å². The molecule has 4 heterocycles. The fourth-order valence-electron chi connectivity index (χ4n) is 5.12. The van der Waals surface area contributed by atoms with Crippen molar-refractivity contribution in [2.75, 3.05) is 19.7 Å². The Morgan fingerprint density at radius 1 is 1.14 bits per heavy atom. The first-order valence-corrected chi connectivity index (χ1v) is 12.6. The number of fused-ring (bicyclic) bond motifs is 2. The standard InChI is InChI=1S/C28H30F2N4O3/c1-3-34-17-21-18-36-28(22(21)14-26(34)35)9-11-33(12-10-28)16-19-5-8-25(31-15-19)27(32-37-4-2)20-6-7-23(29)24(30)13-20/h5-8,13-15,17H,3-4,9-12,16,18H2,1-2H3/b32-27+. The molecule has 0 radical (unpaired) electrons. The van der Waals surface area contributed by atoms with E-state index in [2.05, 4.69) is 15.0 Å². The summed E-state index contributed by atoms with van der Waals surface area (Å²) in [5.74, 6) is -1.87. The first-order valence-electron chi connectivity index (χ1n) is 12.6. The van der Waals surface area contributed by atoms with Crippen molar-refractivity contribution >= 4 is 5.71 Å². The third-order valence-corrected chi connectivity index (χ3v) is 7.16. The molecule has 1 spiro atoms. The van der Waals surface area contributed by atoms with Crippen molar-refractivity contribution in [1.82, 2.24) is 14.5 Å². The van der Waals surface area contributed by atoms with Crippen LogP contribution in [-0.4, -0.2) is 39.9 Å². The van der Waals surface area contributed by atoms with Crippen LogP contribution in [0.3, 0.4) is 0 Å². The summed E-state index contributed by atoms with van der Waals surface area (Å²) in [4.78, 5) is 24.5. The van der Waals surface area contributed by atoms with Gasteiger partial charge in [-0.25, -0.2) is 8.78 Å². The number of nitrogens with zero attached hydrogens (tertiary/aromatic N) is 4. The minimum atomic E-state index is -0.953. The average Bonchev–Trinajstić information content (AvgIpc) is 3.24. The molecule has 0 bridgehead atoms. The molecule has 194 valence electrons. The van der Waals surface area contributed by atoms with Gasteiger partial charge in [0.25, 0.3) is 5.56 Å². The van der Waals surface area contributed by atoms with Gasteiger partial charge in [-0.2, -0.15) is 0 Å². The van der Waals surface area contributed by atoms with Gasteiger partial charge in [0.2, 0.25) is 0 Å². The number of oxime groups is 1. The average molecular weight is 509 g/mol. The number of hydrogen-bond acceptors (Lipinski definition) is 6. The van der Waals surface area contributed by atoms with Gasteiger partial charge in [0.05, 0.1) is 17.9 Å². The van der Waals surface area contributed by atoms with Crippen molar-refractivity contribution in [3.63, 3.8) is 0 Å². The van der Waals surface area contributed by atoms with Crippen LogP contribution < -0.4 is 5.56 Å². The van der Waals surface area contributed by atoms with Crippen LogP contribution in [0.25, 0.3) is 0 Å². The molecule has 37 heavy (non-hydrogen) atoms. The molecular formula is C28H30F2N4O3. The smallest absolute Gasteiger partial charge is 0.250 e. The molecule has 0 saturated carbocycles. The number of halogens is 2. The second kappa shape index (κ2) is 10.5. The first kappa shape index (κ1) is 25.2. The third kappa shape index (κ3) is 5.06. The molecule has 0 aliphatic carbocycles. The number of aryl methyl sites for hydroxylation is 1. The topological polar surface area (TPSA) is 69.0 Å². The lowest BCUT2D eigenvalue weighted by atomic mass is 9.84. The Morgan fingerprint density at radius 2 is 1.95 bits per heavy atom. The highest BCUT2D eigenvalue weighted by atomic mass is 19.2. The molecule has 2 aliphatic heterocycles. The van der Waals surface area contributed by atoms with Gasteiger partial charge < -0.3 is 14.1 Å². The second-order valence-corrected chi connectivity index (χ2v) is 9.43. The highest BCUT2D eigenvalue weighted by Crippen LogP contribution is 2.43. The second-order valence-electron chi connectivity index (χ2n) is 9.43. The number of pyridine rings is 2. The van der Waals surface area contributed by atoms with E-state index in [0.29, 0.717) is 36.7 Å². The van der Waals surface area contributed by atoms with E-state index in [1.54, 1.807) is 23.8 Å². The molecule has 1 fully saturated rings. The van der Waals surface area contributed by atoms with Gasteiger partial charge in [0.1, 0.15) is 12.3 Å². The quantitative estimate of drug-likeness (QED) is 0.351. The van der Waals surface area contributed by atoms with E-state index in [4.69, 9.17) is 9.57 Å². The Hall–Kier alpha value is -3.43. The molecule has 2 aromatic heterocycles. The molecule has 0 atom stereocenters. The minimum absolute atomic E-state index is 0.0235. The van der Waals surface area contributed by atoms with Gasteiger partial charge >= 0.3 is 0 Å². The van der Waals surface area contributed by atoms with E-state index in [1.165, 1.54) is 6.07 Å². The van der Waals surface area contributed by atoms with E-state index in [-0.39, 0.29) is 11.2 Å². The normalized spacial score (nSPS) is 17.2. The van der Waals surface area contributed by atoms with Gasteiger partial charge in [-0.15, -0.1) is 0 Å². The minimum Gasteiger partial charge on any atom is -0.396 e. The summed E-state index contributed by atoms with van der Waals surface area (Å²) in [7, 11) is 0. The number of likely N-dealkylation sites (tertiary alicyclic amines) is 1. The van der Waals surface area contributed by atoms with Crippen molar-refractivity contribution in [2.45, 2.75) is 52.0 Å². The summed E-state index contributed by atoms with van der Waals surface area (Å²) in [5, 5.41) is 4.09. The fourth-order valence-corrected chi connectivity index (χ4v) is 5.12. The number of ether oxygens (including phenoxy) is 1. The number of piperidine rings is 1. The Kier molecular flexibility index (Phi) is 7.17. The fraction of sp³-hybridized carbons (Fsp3) is 0.393. The highest BCUT2D eigenvalue weighted by Gasteiger charge is 2.43. The van der Waals surface area contributed by atoms with Gasteiger partial charge in [-0.1, -0.05) is 11.2 Å². The third-order valence-electron chi connectivity index (χ3n) is 7.16. The predicted molar refractivity (Wildman–Crippen MR) is 135 cm³/mol. The summed E-state index contributed by atoms with van der Waals surface area (Å²) in [6.45, 7) is 7.69. The van der Waals surface area contributed by atoms with Crippen LogP contribution in [-0.2, 0) is 34.9 Å². The van der Waals surface area contributed by atoms with Crippen LogP contribution in [0, 0.1) is 11.6 Å². The monoisotopic (exact) mass is 508 g/mol. The maximum atomic E-state index is 13.8. The Morgan fingerprint density at radius 3 is 2.62 bits per heavy atom. The van der Waals surface area contributed by atoms with E-state index >= 15 is 0 Å². The Labute approximate surface area is 214 Å². The van der Waals surface area contributed by atoms with E-state index in [1.807, 2.05) is 25.3 Å². The molecule has 0 unspecified atom stereocenters. The largest absolute Gasteiger partial charge is 0.396 e. The van der Waals surface area contributed by atoms with Crippen LogP contribution in [0.4, 0.5) is 8.78 Å². The highest BCUT2D eigenvalue weighted by molar-refractivity contribution is 6.11. The summed E-state index contributed by atoms with van der Waals surface area (Å²) < 4.78 is 35.2. The molecule has 5 rings (SSSR count). The molecule has 1 aromatic carbocycles. The number of aromatic nitrogens is 2. The van der Waals surface area contributed by atoms with E-state index < -0.39 is 11.6 Å². The summed E-state index contributed by atoms with van der Waals surface area (Å²) in [6, 6.07) is 9.15. The van der Waals surface area contributed by atoms with Crippen LogP contribution >= 0.6 is 0 Å². The molecule has 2 aliphatic rings. The van der Waals surface area contributed by atoms with Crippen LogP contribution in [0.15, 0.2) is 58.7 Å². The zero-order valence-electron chi connectivity index (χ0n) is 21.0. The number of hydrogen-bond donors (Lipinski definition) is 0. The van der Waals surface area contributed by atoms with Crippen molar-refractivity contribution in [1.29, 1.82) is 0 Å². The Balaban J connectivity index is 1.27. The molecule has 9 heteroatoms. The maximum absolute atomic E-state index is 13.8. The van der Waals surface area contributed by atoms with Gasteiger partial charge in [0.15, 0.2) is 11.6 Å². The van der Waals surface area contributed by atoms with Gasteiger partial charge in [0, 0.05) is 55.8 Å². The molecular weight excluding hydrogens is 478 g/mol. The van der Waals surface area contributed by atoms with Crippen LogP contribution in [0.1, 0.15) is 54.6 Å². The van der Waals surface area contributed by atoms with Gasteiger partial charge in [-0.05, 0) is 62.1 Å². The van der Waals surface area contributed by atoms with Crippen molar-refractivity contribution in [3.8, 4) is 0 Å². The lowest BCUT2D eigenvalue weighted by Crippen LogP contribution is -2.42. The lowest BCUT2D eigenvalue weighted by Gasteiger charge is -2.39. The van der Waals surface area contributed by atoms with Crippen molar-refractivity contribution in [3.05, 3.63) is 98.7 Å². The van der Waals surface area contributed by atoms with Gasteiger partial charge in [-0.3, -0.25) is 14.7 Å².